The van der Waals surface area contributed by atoms with E-state index in [1.807, 2.05) is 0 Å². The molecule has 7 nitrogen and oxygen atoms in total. The molecule has 0 aromatic heterocycles. The number of nitrogens with zero attached hydrogens (tertiary/aromatic N) is 1. The molecule has 0 saturated carbocycles. The van der Waals surface area contributed by atoms with Gasteiger partial charge < -0.3 is 14.8 Å². The van der Waals surface area contributed by atoms with Gasteiger partial charge in [0.1, 0.15) is 17.2 Å². The number of methoxy groups -OCH3 is 1. The monoisotopic (exact) mass is 316 g/mol. The maximum atomic E-state index is 12.1. The van der Waals surface area contributed by atoms with Gasteiger partial charge in [0, 0.05) is 6.07 Å². The number of para-hydroxylation sites is 2. The zero-order valence-electron chi connectivity index (χ0n) is 12.7. The summed E-state index contributed by atoms with van der Waals surface area (Å²) >= 11 is 0. The van der Waals surface area contributed by atoms with Gasteiger partial charge >= 0.3 is 0 Å². The van der Waals surface area contributed by atoms with Crippen LogP contribution in [0.25, 0.3) is 0 Å². The number of nitro benzene ring substituents is 1. The lowest BCUT2D eigenvalue weighted by Gasteiger charge is -2.15. The van der Waals surface area contributed by atoms with Gasteiger partial charge in [-0.15, -0.1) is 0 Å². The largest absolute Gasteiger partial charge is 0.497 e. The van der Waals surface area contributed by atoms with E-state index in [2.05, 4.69) is 5.32 Å². The molecular weight excluding hydrogens is 300 g/mol. The molecule has 1 atom stereocenters. The lowest BCUT2D eigenvalue weighted by atomic mass is 10.2. The smallest absolute Gasteiger partial charge is 0.292 e. The van der Waals surface area contributed by atoms with Crippen LogP contribution in [0.5, 0.6) is 11.5 Å². The summed E-state index contributed by atoms with van der Waals surface area (Å²) in [5.41, 5.74) is -0.0369. The number of rotatable bonds is 6. The molecule has 0 saturated heterocycles. The molecule has 120 valence electrons. The van der Waals surface area contributed by atoms with Crippen LogP contribution in [0.1, 0.15) is 6.92 Å². The molecule has 0 aliphatic heterocycles. The second kappa shape index (κ2) is 7.26. The Hall–Kier alpha value is -3.09. The van der Waals surface area contributed by atoms with Gasteiger partial charge in [-0.3, -0.25) is 14.9 Å². The fourth-order valence-electron chi connectivity index (χ4n) is 1.88. The molecule has 0 bridgehead atoms. The molecule has 0 heterocycles. The number of benzene rings is 2. The Bertz CT molecular complexity index is 700. The molecule has 0 fully saturated rings. The first-order valence-corrected chi connectivity index (χ1v) is 6.86. The molecule has 2 aromatic rings. The lowest BCUT2D eigenvalue weighted by molar-refractivity contribution is -0.383. The fraction of sp³-hybridized carbons (Fsp3) is 0.188. The number of nitrogens with one attached hydrogen (secondary N) is 1. The number of hydrogen-bond donors (Lipinski definition) is 1. The summed E-state index contributed by atoms with van der Waals surface area (Å²) in [4.78, 5) is 22.5. The molecule has 0 radical (unpaired) electrons. The molecule has 1 amide bonds. The van der Waals surface area contributed by atoms with Crippen molar-refractivity contribution in [2.75, 3.05) is 12.4 Å². The summed E-state index contributed by atoms with van der Waals surface area (Å²) in [6, 6.07) is 12.7. The Labute approximate surface area is 133 Å². The van der Waals surface area contributed by atoms with Crippen LogP contribution in [0.3, 0.4) is 0 Å². The highest BCUT2D eigenvalue weighted by Crippen LogP contribution is 2.24. The maximum Gasteiger partial charge on any atom is 0.292 e. The van der Waals surface area contributed by atoms with Gasteiger partial charge in [0.25, 0.3) is 11.6 Å². The number of hydrogen-bond acceptors (Lipinski definition) is 5. The SMILES string of the molecule is COc1ccc(O[C@H](C)C(=O)Nc2ccccc2[N+](=O)[O-])cc1. The molecule has 0 spiro atoms. The zero-order valence-corrected chi connectivity index (χ0v) is 12.7. The van der Waals surface area contributed by atoms with E-state index in [1.54, 1.807) is 44.4 Å². The van der Waals surface area contributed by atoms with Crippen molar-refractivity contribution in [2.45, 2.75) is 13.0 Å². The Morgan fingerprint density at radius 3 is 2.35 bits per heavy atom. The van der Waals surface area contributed by atoms with Gasteiger partial charge in [-0.05, 0) is 37.3 Å². The van der Waals surface area contributed by atoms with E-state index in [4.69, 9.17) is 9.47 Å². The van der Waals surface area contributed by atoms with E-state index in [0.717, 1.165) is 0 Å². The van der Waals surface area contributed by atoms with Crippen LogP contribution < -0.4 is 14.8 Å². The number of amides is 1. The fourth-order valence-corrected chi connectivity index (χ4v) is 1.88. The van der Waals surface area contributed by atoms with Gasteiger partial charge in [0.15, 0.2) is 6.10 Å². The third kappa shape index (κ3) is 4.19. The normalized spacial score (nSPS) is 11.4. The minimum atomic E-state index is -0.816. The Balaban J connectivity index is 2.04. The van der Waals surface area contributed by atoms with Gasteiger partial charge in [-0.1, -0.05) is 12.1 Å². The van der Waals surface area contributed by atoms with Gasteiger partial charge in [-0.25, -0.2) is 0 Å². The summed E-state index contributed by atoms with van der Waals surface area (Å²) in [6.07, 6.45) is -0.816. The van der Waals surface area contributed by atoms with Crippen molar-refractivity contribution in [3.8, 4) is 11.5 Å². The average molecular weight is 316 g/mol. The predicted molar refractivity (Wildman–Crippen MR) is 84.8 cm³/mol. The molecule has 23 heavy (non-hydrogen) atoms. The number of anilines is 1. The first-order chi connectivity index (χ1) is 11.0. The Morgan fingerprint density at radius 2 is 1.74 bits per heavy atom. The maximum absolute atomic E-state index is 12.1. The third-order valence-corrected chi connectivity index (χ3v) is 3.10. The van der Waals surface area contributed by atoms with Gasteiger partial charge in [-0.2, -0.15) is 0 Å². The minimum absolute atomic E-state index is 0.132. The second-order valence-corrected chi connectivity index (χ2v) is 4.70. The van der Waals surface area contributed by atoms with Crippen LogP contribution in [0.2, 0.25) is 0 Å². The van der Waals surface area contributed by atoms with Crippen molar-refractivity contribution in [1.29, 1.82) is 0 Å². The second-order valence-electron chi connectivity index (χ2n) is 4.70. The molecular formula is C16H16N2O5. The average Bonchev–Trinajstić information content (AvgIpc) is 2.55. The number of carbonyl (C=O) groups excluding carboxylic acids is 1. The summed E-state index contributed by atoms with van der Waals surface area (Å²) in [7, 11) is 1.55. The number of ether oxygens (including phenoxy) is 2. The lowest BCUT2D eigenvalue weighted by Crippen LogP contribution is -2.30. The van der Waals surface area contributed by atoms with Crippen LogP contribution in [0, 0.1) is 10.1 Å². The summed E-state index contributed by atoms with van der Waals surface area (Å²) < 4.78 is 10.5. The van der Waals surface area contributed by atoms with Crippen molar-refractivity contribution in [3.63, 3.8) is 0 Å². The topological polar surface area (TPSA) is 90.7 Å². The van der Waals surface area contributed by atoms with Crippen LogP contribution >= 0.6 is 0 Å². The highest BCUT2D eigenvalue weighted by molar-refractivity contribution is 5.96. The Morgan fingerprint density at radius 1 is 1.13 bits per heavy atom. The predicted octanol–water partition coefficient (Wildman–Crippen LogP) is 3.01. The minimum Gasteiger partial charge on any atom is -0.497 e. The standard InChI is InChI=1S/C16H16N2O5/c1-11(23-13-9-7-12(22-2)8-10-13)16(19)17-14-5-3-4-6-15(14)18(20)21/h3-11H,1-2H3,(H,17,19)/t11-/m1/s1. The number of carbonyl (C=O) groups is 1. The van der Waals surface area contributed by atoms with E-state index >= 15 is 0 Å². The van der Waals surface area contributed by atoms with E-state index in [-0.39, 0.29) is 11.4 Å². The molecule has 2 rings (SSSR count). The first-order valence-electron chi connectivity index (χ1n) is 6.86. The molecule has 0 aliphatic carbocycles. The molecule has 1 N–H and O–H groups in total. The van der Waals surface area contributed by atoms with Crippen molar-refractivity contribution in [1.82, 2.24) is 0 Å². The van der Waals surface area contributed by atoms with Gasteiger partial charge in [0.2, 0.25) is 0 Å². The van der Waals surface area contributed by atoms with Crippen LogP contribution in [0.15, 0.2) is 48.5 Å². The summed E-state index contributed by atoms with van der Waals surface area (Å²) in [5, 5.41) is 13.4. The van der Waals surface area contributed by atoms with E-state index < -0.39 is 16.9 Å². The highest BCUT2D eigenvalue weighted by Gasteiger charge is 2.19. The van der Waals surface area contributed by atoms with Crippen LogP contribution in [-0.2, 0) is 4.79 Å². The van der Waals surface area contributed by atoms with Gasteiger partial charge in [0.05, 0.1) is 12.0 Å². The van der Waals surface area contributed by atoms with Crippen molar-refractivity contribution < 1.29 is 19.2 Å². The molecule has 0 unspecified atom stereocenters. The number of nitro groups is 1. The van der Waals surface area contributed by atoms with Crippen molar-refractivity contribution in [3.05, 3.63) is 58.6 Å². The van der Waals surface area contributed by atoms with E-state index in [9.17, 15) is 14.9 Å². The van der Waals surface area contributed by atoms with Crippen molar-refractivity contribution in [2.24, 2.45) is 0 Å². The van der Waals surface area contributed by atoms with E-state index in [1.165, 1.54) is 18.2 Å². The van der Waals surface area contributed by atoms with Crippen molar-refractivity contribution >= 4 is 17.3 Å². The van der Waals surface area contributed by atoms with Crippen LogP contribution in [0.4, 0.5) is 11.4 Å². The quantitative estimate of drug-likeness (QED) is 0.653. The summed E-state index contributed by atoms with van der Waals surface area (Å²) in [5.74, 6) is 0.695. The first kappa shape index (κ1) is 16.3. The highest BCUT2D eigenvalue weighted by atomic mass is 16.6. The molecule has 2 aromatic carbocycles. The zero-order chi connectivity index (χ0) is 16.8. The van der Waals surface area contributed by atoms with E-state index in [0.29, 0.717) is 11.5 Å². The molecule has 7 heteroatoms. The third-order valence-electron chi connectivity index (χ3n) is 3.10. The van der Waals surface area contributed by atoms with Crippen LogP contribution in [-0.4, -0.2) is 24.0 Å². The Kier molecular flexibility index (Phi) is 5.14. The molecule has 0 aliphatic rings. The summed E-state index contributed by atoms with van der Waals surface area (Å²) in [6.45, 7) is 1.56.